The van der Waals surface area contributed by atoms with Gasteiger partial charge in [0.2, 0.25) is 5.78 Å². The van der Waals surface area contributed by atoms with Crippen LogP contribution in [0.1, 0.15) is 30.1 Å². The molecule has 0 fully saturated rings. The standard InChI is InChI=1S/C15H19OS2/c1-3-4-9-18(2)11-14(16)13-10-17-15-8-6-5-7-12(13)15/h5-8,10H,3-4,9,11H2,1-2H3/q+1. The van der Waals surface area contributed by atoms with Crippen LogP contribution in [-0.2, 0) is 10.9 Å². The molecule has 1 atom stereocenters. The van der Waals surface area contributed by atoms with Gasteiger partial charge < -0.3 is 0 Å². The van der Waals surface area contributed by atoms with Gasteiger partial charge in [-0.05, 0) is 23.4 Å². The molecule has 3 heteroatoms. The fourth-order valence-electron chi connectivity index (χ4n) is 1.96. The molecule has 0 spiro atoms. The highest BCUT2D eigenvalue weighted by Crippen LogP contribution is 2.26. The number of hydrogen-bond donors (Lipinski definition) is 0. The van der Waals surface area contributed by atoms with Crippen molar-refractivity contribution in [2.24, 2.45) is 0 Å². The third-order valence-electron chi connectivity index (χ3n) is 3.01. The first kappa shape index (κ1) is 13.6. The Kier molecular flexibility index (Phi) is 4.84. The van der Waals surface area contributed by atoms with E-state index in [2.05, 4.69) is 25.3 Å². The number of thiophene rings is 1. The minimum absolute atomic E-state index is 0.228. The SMILES string of the molecule is CCCC[S+](C)CC(=O)c1csc2ccccc12. The Hall–Kier alpha value is -0.800. The maximum atomic E-state index is 12.3. The Morgan fingerprint density at radius 2 is 2.11 bits per heavy atom. The second-order valence-corrected chi connectivity index (χ2v) is 7.72. The molecule has 18 heavy (non-hydrogen) atoms. The van der Waals surface area contributed by atoms with Crippen molar-refractivity contribution in [3.8, 4) is 0 Å². The lowest BCUT2D eigenvalue weighted by molar-refractivity contribution is 0.102. The first-order chi connectivity index (χ1) is 8.72. The number of hydrogen-bond acceptors (Lipinski definition) is 2. The van der Waals surface area contributed by atoms with Gasteiger partial charge in [0.05, 0.1) is 6.26 Å². The van der Waals surface area contributed by atoms with Crippen LogP contribution in [0.2, 0.25) is 0 Å². The molecule has 0 aliphatic rings. The molecule has 2 aromatic rings. The molecule has 0 saturated carbocycles. The predicted molar refractivity (Wildman–Crippen MR) is 84.1 cm³/mol. The normalized spacial score (nSPS) is 12.8. The summed E-state index contributed by atoms with van der Waals surface area (Å²) >= 11 is 1.67. The molecule has 1 heterocycles. The summed E-state index contributed by atoms with van der Waals surface area (Å²) in [6, 6.07) is 8.17. The molecular weight excluding hydrogens is 260 g/mol. The van der Waals surface area contributed by atoms with Gasteiger partial charge in [0.15, 0.2) is 5.75 Å². The van der Waals surface area contributed by atoms with Gasteiger partial charge in [-0.1, -0.05) is 31.5 Å². The van der Waals surface area contributed by atoms with Crippen molar-refractivity contribution in [3.63, 3.8) is 0 Å². The summed E-state index contributed by atoms with van der Waals surface area (Å²) in [6.45, 7) is 2.20. The molecule has 96 valence electrons. The van der Waals surface area contributed by atoms with Gasteiger partial charge in [0.1, 0.15) is 5.75 Å². The minimum atomic E-state index is 0.228. The molecular formula is C15H19OS2+. The Balaban J connectivity index is 2.09. The van der Waals surface area contributed by atoms with Crippen LogP contribution in [0.3, 0.4) is 0 Å². The molecule has 0 bridgehead atoms. The van der Waals surface area contributed by atoms with Crippen LogP contribution < -0.4 is 0 Å². The van der Waals surface area contributed by atoms with Crippen LogP contribution in [-0.4, -0.2) is 23.5 Å². The van der Waals surface area contributed by atoms with E-state index >= 15 is 0 Å². The molecule has 1 aromatic heterocycles. The van der Waals surface area contributed by atoms with E-state index in [4.69, 9.17) is 0 Å². The largest absolute Gasteiger partial charge is 0.289 e. The summed E-state index contributed by atoms with van der Waals surface area (Å²) in [4.78, 5) is 12.3. The van der Waals surface area contributed by atoms with Gasteiger partial charge in [-0.25, -0.2) is 0 Å². The van der Waals surface area contributed by atoms with Crippen LogP contribution in [0.15, 0.2) is 29.6 Å². The summed E-state index contributed by atoms with van der Waals surface area (Å²) in [6.07, 6.45) is 4.66. The average molecular weight is 279 g/mol. The number of Topliss-reactive ketones (excluding diaryl/α,β-unsaturated/α-hetero) is 1. The summed E-state index contributed by atoms with van der Waals surface area (Å²) in [5.74, 6) is 2.21. The van der Waals surface area contributed by atoms with Gasteiger partial charge in [-0.15, -0.1) is 11.3 Å². The minimum Gasteiger partial charge on any atom is -0.289 e. The first-order valence-electron chi connectivity index (χ1n) is 6.31. The zero-order valence-corrected chi connectivity index (χ0v) is 12.6. The molecule has 0 radical (unpaired) electrons. The van der Waals surface area contributed by atoms with Crippen LogP contribution in [0.25, 0.3) is 10.1 Å². The van der Waals surface area contributed by atoms with Crippen LogP contribution in [0, 0.1) is 0 Å². The third kappa shape index (κ3) is 3.15. The Bertz CT molecular complexity index is 530. The Labute approximate surface area is 116 Å². The van der Waals surface area contributed by atoms with Gasteiger partial charge >= 0.3 is 0 Å². The number of ketones is 1. The number of carbonyl (C=O) groups excluding carboxylic acids is 1. The summed E-state index contributed by atoms with van der Waals surface area (Å²) in [5.41, 5.74) is 0.923. The van der Waals surface area contributed by atoms with E-state index in [0.29, 0.717) is 11.5 Å². The van der Waals surface area contributed by atoms with Crippen molar-refractivity contribution in [1.29, 1.82) is 0 Å². The number of rotatable bonds is 6. The zero-order chi connectivity index (χ0) is 13.0. The molecule has 0 aliphatic heterocycles. The smallest absolute Gasteiger partial charge is 0.213 e. The maximum absolute atomic E-state index is 12.3. The predicted octanol–water partition coefficient (Wildman–Crippen LogP) is 4.13. The molecule has 1 unspecified atom stereocenters. The molecule has 1 aromatic carbocycles. The number of benzene rings is 1. The van der Waals surface area contributed by atoms with Crippen LogP contribution in [0.5, 0.6) is 0 Å². The van der Waals surface area contributed by atoms with Crippen LogP contribution in [0.4, 0.5) is 0 Å². The Morgan fingerprint density at radius 3 is 2.89 bits per heavy atom. The van der Waals surface area contributed by atoms with E-state index < -0.39 is 0 Å². The number of carbonyl (C=O) groups is 1. The van der Waals surface area contributed by atoms with E-state index in [1.807, 2.05) is 17.5 Å². The van der Waals surface area contributed by atoms with Gasteiger partial charge in [-0.2, -0.15) is 0 Å². The van der Waals surface area contributed by atoms with Gasteiger partial charge in [-0.3, -0.25) is 4.79 Å². The molecule has 0 N–H and O–H groups in total. The molecule has 0 amide bonds. The number of fused-ring (bicyclic) bond motifs is 1. The summed E-state index contributed by atoms with van der Waals surface area (Å²) in [5, 5.41) is 3.14. The fourth-order valence-corrected chi connectivity index (χ4v) is 4.45. The lowest BCUT2D eigenvalue weighted by atomic mass is 10.1. The van der Waals surface area contributed by atoms with Crippen molar-refractivity contribution >= 4 is 38.1 Å². The fraction of sp³-hybridized carbons (Fsp3) is 0.400. The maximum Gasteiger partial charge on any atom is 0.213 e. The second kappa shape index (κ2) is 6.39. The highest BCUT2D eigenvalue weighted by Gasteiger charge is 2.20. The summed E-state index contributed by atoms with van der Waals surface area (Å²) < 4.78 is 1.21. The highest BCUT2D eigenvalue weighted by molar-refractivity contribution is 7.96. The molecule has 2 rings (SSSR count). The monoisotopic (exact) mass is 279 g/mol. The average Bonchev–Trinajstić information content (AvgIpc) is 2.80. The topological polar surface area (TPSA) is 17.1 Å². The highest BCUT2D eigenvalue weighted by atomic mass is 32.2. The van der Waals surface area contributed by atoms with Crippen LogP contribution >= 0.6 is 11.3 Å². The third-order valence-corrected chi connectivity index (χ3v) is 5.71. The second-order valence-electron chi connectivity index (χ2n) is 4.55. The number of unbranched alkanes of at least 4 members (excludes halogenated alkanes) is 1. The zero-order valence-electron chi connectivity index (χ0n) is 10.9. The molecule has 0 aliphatic carbocycles. The van der Waals surface area contributed by atoms with Crippen molar-refractivity contribution in [2.45, 2.75) is 19.8 Å². The Morgan fingerprint density at radius 1 is 1.33 bits per heavy atom. The van der Waals surface area contributed by atoms with Crippen molar-refractivity contribution in [2.75, 3.05) is 17.8 Å². The van der Waals surface area contributed by atoms with Gasteiger partial charge in [0.25, 0.3) is 0 Å². The lowest BCUT2D eigenvalue weighted by Crippen LogP contribution is -2.18. The van der Waals surface area contributed by atoms with E-state index in [0.717, 1.165) is 10.9 Å². The van der Waals surface area contributed by atoms with E-state index in [1.165, 1.54) is 23.3 Å². The van der Waals surface area contributed by atoms with Crippen molar-refractivity contribution < 1.29 is 4.79 Å². The molecule has 0 saturated heterocycles. The van der Waals surface area contributed by atoms with E-state index in [-0.39, 0.29) is 10.9 Å². The molecule has 1 nitrogen and oxygen atoms in total. The summed E-state index contributed by atoms with van der Waals surface area (Å²) in [7, 11) is 0.228. The van der Waals surface area contributed by atoms with Gasteiger partial charge in [0, 0.05) is 21.0 Å². The first-order valence-corrected chi connectivity index (χ1v) is 9.16. The quantitative estimate of drug-likeness (QED) is 0.574. The van der Waals surface area contributed by atoms with E-state index in [9.17, 15) is 4.79 Å². The van der Waals surface area contributed by atoms with Crippen molar-refractivity contribution in [3.05, 3.63) is 35.2 Å². The van der Waals surface area contributed by atoms with E-state index in [1.54, 1.807) is 11.3 Å². The van der Waals surface area contributed by atoms with Crippen molar-refractivity contribution in [1.82, 2.24) is 0 Å². The lowest BCUT2D eigenvalue weighted by Gasteiger charge is -2.02.